The molecule has 25 heavy (non-hydrogen) atoms. The van der Waals surface area contributed by atoms with Gasteiger partial charge in [-0.2, -0.15) is 0 Å². The number of nitrogens with one attached hydrogen (secondary N) is 2. The Hall–Kier alpha value is -2.08. The molecule has 0 saturated carbocycles. The van der Waals surface area contributed by atoms with E-state index in [2.05, 4.69) is 10.6 Å². The van der Waals surface area contributed by atoms with E-state index in [1.807, 2.05) is 32.9 Å². The van der Waals surface area contributed by atoms with E-state index < -0.39 is 17.7 Å². The number of amides is 2. The minimum Gasteiger partial charge on any atom is -0.444 e. The Labute approximate surface area is 150 Å². The molecule has 0 aliphatic heterocycles. The van der Waals surface area contributed by atoms with Crippen LogP contribution in [0.4, 0.5) is 10.5 Å². The fourth-order valence-electron chi connectivity index (χ4n) is 2.33. The number of benzene rings is 1. The van der Waals surface area contributed by atoms with Crippen molar-refractivity contribution in [3.8, 4) is 0 Å². The van der Waals surface area contributed by atoms with Gasteiger partial charge < -0.3 is 20.5 Å². The van der Waals surface area contributed by atoms with Crippen molar-refractivity contribution in [1.82, 2.24) is 5.32 Å². The van der Waals surface area contributed by atoms with E-state index in [0.29, 0.717) is 18.5 Å². The average molecular weight is 350 g/mol. The number of hydrogen-bond donors (Lipinski definition) is 3. The summed E-state index contributed by atoms with van der Waals surface area (Å²) in [6.45, 7) is 11.2. The SMILES string of the molecule is Cc1ccc(NC(=O)[C@@H](CCCO)NC(=O)OC(C)(C)C)c(C)c1C. The highest BCUT2D eigenvalue weighted by molar-refractivity contribution is 5.97. The Morgan fingerprint density at radius 2 is 1.80 bits per heavy atom. The molecule has 0 aliphatic carbocycles. The molecule has 1 aromatic carbocycles. The molecule has 3 N–H and O–H groups in total. The highest BCUT2D eigenvalue weighted by atomic mass is 16.6. The molecule has 0 unspecified atom stereocenters. The monoisotopic (exact) mass is 350 g/mol. The number of aryl methyl sites for hydroxylation is 1. The number of hydrogen-bond acceptors (Lipinski definition) is 4. The van der Waals surface area contributed by atoms with E-state index in [-0.39, 0.29) is 12.5 Å². The Bertz CT molecular complexity index is 621. The summed E-state index contributed by atoms with van der Waals surface area (Å²) in [5.41, 5.74) is 3.33. The normalized spacial score (nSPS) is 12.4. The lowest BCUT2D eigenvalue weighted by Gasteiger charge is -2.23. The van der Waals surface area contributed by atoms with Crippen molar-refractivity contribution >= 4 is 17.7 Å². The van der Waals surface area contributed by atoms with Crippen LogP contribution in [0.25, 0.3) is 0 Å². The first kappa shape index (κ1) is 21.0. The van der Waals surface area contributed by atoms with Crippen LogP contribution >= 0.6 is 0 Å². The smallest absolute Gasteiger partial charge is 0.408 e. The van der Waals surface area contributed by atoms with Crippen LogP contribution in [0.3, 0.4) is 0 Å². The summed E-state index contributed by atoms with van der Waals surface area (Å²) in [4.78, 5) is 24.6. The van der Waals surface area contributed by atoms with Crippen molar-refractivity contribution < 1.29 is 19.4 Å². The standard InChI is InChI=1S/C19H30N2O4/c1-12-9-10-15(14(3)13(12)2)20-17(23)16(8-7-11-22)21-18(24)25-19(4,5)6/h9-10,16,22H,7-8,11H2,1-6H3,(H,20,23)(H,21,24)/t16-/m1/s1. The first-order valence-electron chi connectivity index (χ1n) is 8.53. The van der Waals surface area contributed by atoms with Crippen molar-refractivity contribution in [3.05, 3.63) is 28.8 Å². The highest BCUT2D eigenvalue weighted by Gasteiger charge is 2.24. The van der Waals surface area contributed by atoms with E-state index in [1.54, 1.807) is 20.8 Å². The second-order valence-corrected chi connectivity index (χ2v) is 7.23. The Kier molecular flexibility index (Phi) is 7.42. The van der Waals surface area contributed by atoms with Crippen molar-refractivity contribution in [3.63, 3.8) is 0 Å². The number of carbonyl (C=O) groups excluding carboxylic acids is 2. The molecule has 0 saturated heterocycles. The Morgan fingerprint density at radius 1 is 1.16 bits per heavy atom. The van der Waals surface area contributed by atoms with Gasteiger partial charge in [0.1, 0.15) is 11.6 Å². The summed E-state index contributed by atoms with van der Waals surface area (Å²) in [6.07, 6.45) is 0.0769. The summed E-state index contributed by atoms with van der Waals surface area (Å²) in [5, 5.41) is 14.5. The summed E-state index contributed by atoms with van der Waals surface area (Å²) in [5.74, 6) is -0.328. The van der Waals surface area contributed by atoms with Crippen molar-refractivity contribution in [2.24, 2.45) is 0 Å². The molecule has 6 heteroatoms. The molecule has 1 rings (SSSR count). The third kappa shape index (κ3) is 6.74. The van der Waals surface area contributed by atoms with Gasteiger partial charge in [0.2, 0.25) is 5.91 Å². The lowest BCUT2D eigenvalue weighted by atomic mass is 10.0. The molecular weight excluding hydrogens is 320 g/mol. The van der Waals surface area contributed by atoms with Crippen LogP contribution in [0.15, 0.2) is 12.1 Å². The maximum atomic E-state index is 12.6. The Morgan fingerprint density at radius 3 is 2.36 bits per heavy atom. The summed E-state index contributed by atoms with van der Waals surface area (Å²) >= 11 is 0. The molecule has 0 radical (unpaired) electrons. The number of ether oxygens (including phenoxy) is 1. The molecule has 6 nitrogen and oxygen atoms in total. The maximum Gasteiger partial charge on any atom is 0.408 e. The van der Waals surface area contributed by atoms with Gasteiger partial charge in [0.05, 0.1) is 0 Å². The minimum atomic E-state index is -0.775. The zero-order valence-corrected chi connectivity index (χ0v) is 16.0. The molecular formula is C19H30N2O4. The number of aliphatic hydroxyl groups excluding tert-OH is 1. The van der Waals surface area contributed by atoms with Crippen LogP contribution in [0, 0.1) is 20.8 Å². The fourth-order valence-corrected chi connectivity index (χ4v) is 2.33. The van der Waals surface area contributed by atoms with Gasteiger partial charge in [-0.05, 0) is 77.1 Å². The quantitative estimate of drug-likeness (QED) is 0.735. The van der Waals surface area contributed by atoms with Gasteiger partial charge in [-0.1, -0.05) is 6.07 Å². The Balaban J connectivity index is 2.86. The lowest BCUT2D eigenvalue weighted by Crippen LogP contribution is -2.46. The molecule has 0 spiro atoms. The van der Waals surface area contributed by atoms with Gasteiger partial charge in [0.15, 0.2) is 0 Å². The second-order valence-electron chi connectivity index (χ2n) is 7.23. The van der Waals surface area contributed by atoms with Gasteiger partial charge in [0.25, 0.3) is 0 Å². The summed E-state index contributed by atoms with van der Waals surface area (Å²) in [7, 11) is 0. The molecule has 2 amide bonds. The van der Waals surface area contributed by atoms with E-state index in [9.17, 15) is 9.59 Å². The number of rotatable bonds is 6. The van der Waals surface area contributed by atoms with Gasteiger partial charge in [-0.25, -0.2) is 4.79 Å². The second kappa shape index (κ2) is 8.85. The van der Waals surface area contributed by atoms with Gasteiger partial charge in [0, 0.05) is 12.3 Å². The third-order valence-electron chi connectivity index (χ3n) is 3.97. The van der Waals surface area contributed by atoms with Crippen LogP contribution in [-0.2, 0) is 9.53 Å². The first-order chi connectivity index (χ1) is 11.5. The van der Waals surface area contributed by atoms with Gasteiger partial charge >= 0.3 is 6.09 Å². The number of alkyl carbamates (subject to hydrolysis) is 1. The topological polar surface area (TPSA) is 87.7 Å². The zero-order valence-electron chi connectivity index (χ0n) is 16.0. The molecule has 1 aromatic rings. The van der Waals surface area contributed by atoms with E-state index in [0.717, 1.165) is 16.7 Å². The fraction of sp³-hybridized carbons (Fsp3) is 0.579. The number of aliphatic hydroxyl groups is 1. The molecule has 0 aliphatic rings. The minimum absolute atomic E-state index is 0.0531. The van der Waals surface area contributed by atoms with Crippen molar-refractivity contribution in [2.45, 2.75) is 66.0 Å². The predicted octanol–water partition coefficient (Wildman–Crippen LogP) is 3.22. The molecule has 1 atom stereocenters. The lowest BCUT2D eigenvalue weighted by molar-refractivity contribution is -0.118. The summed E-state index contributed by atoms with van der Waals surface area (Å²) in [6, 6.07) is 3.02. The molecule has 0 heterocycles. The van der Waals surface area contributed by atoms with Crippen LogP contribution < -0.4 is 10.6 Å². The van der Waals surface area contributed by atoms with E-state index in [4.69, 9.17) is 9.84 Å². The van der Waals surface area contributed by atoms with E-state index >= 15 is 0 Å². The predicted molar refractivity (Wildman–Crippen MR) is 98.8 cm³/mol. The molecule has 0 bridgehead atoms. The largest absolute Gasteiger partial charge is 0.444 e. The number of anilines is 1. The van der Waals surface area contributed by atoms with E-state index in [1.165, 1.54) is 0 Å². The number of carbonyl (C=O) groups is 2. The molecule has 0 aromatic heterocycles. The first-order valence-corrected chi connectivity index (χ1v) is 8.53. The van der Waals surface area contributed by atoms with Crippen LogP contribution in [0.2, 0.25) is 0 Å². The van der Waals surface area contributed by atoms with Crippen molar-refractivity contribution in [2.75, 3.05) is 11.9 Å². The maximum absolute atomic E-state index is 12.6. The van der Waals surface area contributed by atoms with Crippen LogP contribution in [0.1, 0.15) is 50.3 Å². The third-order valence-corrected chi connectivity index (χ3v) is 3.97. The van der Waals surface area contributed by atoms with Crippen LogP contribution in [-0.4, -0.2) is 35.4 Å². The van der Waals surface area contributed by atoms with Gasteiger partial charge in [-0.15, -0.1) is 0 Å². The highest BCUT2D eigenvalue weighted by Crippen LogP contribution is 2.22. The average Bonchev–Trinajstić information content (AvgIpc) is 2.50. The van der Waals surface area contributed by atoms with Crippen LogP contribution in [0.5, 0.6) is 0 Å². The molecule has 0 fully saturated rings. The summed E-state index contributed by atoms with van der Waals surface area (Å²) < 4.78 is 5.21. The molecule has 140 valence electrons. The van der Waals surface area contributed by atoms with Gasteiger partial charge in [-0.3, -0.25) is 4.79 Å². The zero-order chi connectivity index (χ0) is 19.2. The van der Waals surface area contributed by atoms with Crippen molar-refractivity contribution in [1.29, 1.82) is 0 Å².